The van der Waals surface area contributed by atoms with Gasteiger partial charge in [0.05, 0.1) is 30.6 Å². The van der Waals surface area contributed by atoms with Gasteiger partial charge < -0.3 is 19.7 Å². The lowest BCUT2D eigenvalue weighted by atomic mass is 10.1. The number of hydrogen-bond donors (Lipinski definition) is 1. The number of pyridine rings is 1. The van der Waals surface area contributed by atoms with Gasteiger partial charge in [-0.1, -0.05) is 0 Å². The molecule has 3 aromatic rings. The number of ether oxygens (including phenoxy) is 2. The summed E-state index contributed by atoms with van der Waals surface area (Å²) >= 11 is 2.03. The summed E-state index contributed by atoms with van der Waals surface area (Å²) in [4.78, 5) is 30.9. The molecule has 10 heteroatoms. The number of aromatic nitrogens is 2. The molecule has 162 valence electrons. The van der Waals surface area contributed by atoms with Crippen molar-refractivity contribution in [3.8, 4) is 0 Å². The third-order valence-corrected chi connectivity index (χ3v) is 5.58. The van der Waals surface area contributed by atoms with E-state index in [1.54, 1.807) is 40.6 Å². The molecule has 2 aromatic heterocycles. The quantitative estimate of drug-likeness (QED) is 0.383. The lowest BCUT2D eigenvalue weighted by molar-refractivity contribution is -0.143. The summed E-state index contributed by atoms with van der Waals surface area (Å²) in [5.74, 6) is -0.785. The molecule has 0 spiro atoms. The van der Waals surface area contributed by atoms with Crippen LogP contribution in [0.25, 0.3) is 5.52 Å². The van der Waals surface area contributed by atoms with Crippen molar-refractivity contribution in [1.29, 1.82) is 0 Å². The van der Waals surface area contributed by atoms with Crippen molar-refractivity contribution in [2.75, 3.05) is 31.7 Å². The fraction of sp³-hybridized carbons (Fsp3) is 0.286. The van der Waals surface area contributed by atoms with Crippen LogP contribution >= 0.6 is 22.6 Å². The zero-order chi connectivity index (χ0) is 22.0. The Hall–Kier alpha value is -2.73. The molecule has 1 aliphatic heterocycles. The van der Waals surface area contributed by atoms with E-state index >= 15 is 0 Å². The summed E-state index contributed by atoms with van der Waals surface area (Å²) in [6, 6.07) is 6.44. The van der Waals surface area contributed by atoms with Crippen molar-refractivity contribution in [1.82, 2.24) is 14.3 Å². The molecule has 3 heterocycles. The predicted molar refractivity (Wildman–Crippen MR) is 120 cm³/mol. The van der Waals surface area contributed by atoms with Gasteiger partial charge in [0.1, 0.15) is 30.1 Å². The van der Waals surface area contributed by atoms with Crippen LogP contribution in [0.1, 0.15) is 22.8 Å². The van der Waals surface area contributed by atoms with Crippen LogP contribution in [0.2, 0.25) is 0 Å². The van der Waals surface area contributed by atoms with Gasteiger partial charge >= 0.3 is 5.97 Å². The summed E-state index contributed by atoms with van der Waals surface area (Å²) < 4.78 is 27.4. The molecule has 1 saturated heterocycles. The monoisotopic (exact) mass is 538 g/mol. The molecule has 1 fully saturated rings. The molecular weight excluding hydrogens is 518 g/mol. The fourth-order valence-corrected chi connectivity index (χ4v) is 3.87. The molecule has 1 aliphatic rings. The number of amides is 1. The van der Waals surface area contributed by atoms with Gasteiger partial charge in [-0.3, -0.25) is 9.20 Å². The minimum Gasteiger partial charge on any atom is -0.462 e. The molecule has 0 bridgehead atoms. The first-order valence-electron chi connectivity index (χ1n) is 9.70. The van der Waals surface area contributed by atoms with Crippen molar-refractivity contribution in [2.24, 2.45) is 0 Å². The van der Waals surface area contributed by atoms with E-state index in [0.29, 0.717) is 31.0 Å². The van der Waals surface area contributed by atoms with Gasteiger partial charge in [0.15, 0.2) is 0 Å². The molecule has 1 aromatic carbocycles. The van der Waals surface area contributed by atoms with Crippen molar-refractivity contribution in [3.63, 3.8) is 0 Å². The topological polar surface area (TPSA) is 85.2 Å². The number of anilines is 2. The van der Waals surface area contributed by atoms with Crippen LogP contribution in [0.3, 0.4) is 0 Å². The smallest absolute Gasteiger partial charge is 0.341 e. The number of nitrogens with one attached hydrogen (secondary N) is 1. The molecule has 31 heavy (non-hydrogen) atoms. The minimum absolute atomic E-state index is 0.0337. The van der Waals surface area contributed by atoms with Gasteiger partial charge in [0, 0.05) is 16.7 Å². The summed E-state index contributed by atoms with van der Waals surface area (Å²) in [7, 11) is 0. The van der Waals surface area contributed by atoms with Gasteiger partial charge in [-0.15, -0.1) is 0 Å². The Morgan fingerprint density at radius 3 is 2.97 bits per heavy atom. The van der Waals surface area contributed by atoms with E-state index in [4.69, 9.17) is 9.47 Å². The van der Waals surface area contributed by atoms with Gasteiger partial charge in [-0.05, 0) is 59.3 Å². The predicted octanol–water partition coefficient (Wildman–Crippen LogP) is 3.36. The molecule has 0 aliphatic carbocycles. The number of halogens is 2. The van der Waals surface area contributed by atoms with Crippen LogP contribution < -0.4 is 5.32 Å². The van der Waals surface area contributed by atoms with Gasteiger partial charge in [0.25, 0.3) is 0 Å². The van der Waals surface area contributed by atoms with E-state index in [-0.39, 0.29) is 30.4 Å². The van der Waals surface area contributed by atoms with Crippen LogP contribution in [0.5, 0.6) is 0 Å². The average molecular weight is 538 g/mol. The number of nitrogens with zero attached hydrogens (tertiary/aromatic N) is 3. The number of carbonyl (C=O) groups excluding carboxylic acids is 2. The van der Waals surface area contributed by atoms with Crippen LogP contribution in [0.4, 0.5) is 15.9 Å². The number of carbonyl (C=O) groups is 2. The number of hydrogen-bond acceptors (Lipinski definition) is 6. The SMILES string of the molecule is CCOC(=O)c1cc(CN2CCOCC2=O)c2cncn2c1Nc1ccc(I)cc1F. The molecular formula is C21H20FIN4O4. The summed E-state index contributed by atoms with van der Waals surface area (Å²) in [5.41, 5.74) is 1.86. The van der Waals surface area contributed by atoms with Crippen LogP contribution in [0.15, 0.2) is 36.8 Å². The lowest BCUT2D eigenvalue weighted by Crippen LogP contribution is -2.41. The molecule has 1 amide bonds. The Morgan fingerprint density at radius 2 is 2.23 bits per heavy atom. The van der Waals surface area contributed by atoms with E-state index < -0.39 is 11.8 Å². The number of rotatable bonds is 6. The van der Waals surface area contributed by atoms with Crippen molar-refractivity contribution in [2.45, 2.75) is 13.5 Å². The Labute approximate surface area is 191 Å². The van der Waals surface area contributed by atoms with Crippen LogP contribution in [0, 0.1) is 9.39 Å². The van der Waals surface area contributed by atoms with E-state index in [9.17, 15) is 14.0 Å². The molecule has 0 saturated carbocycles. The first-order valence-corrected chi connectivity index (χ1v) is 10.8. The van der Waals surface area contributed by atoms with Crippen LogP contribution in [-0.4, -0.2) is 52.5 Å². The standard InChI is InChI=1S/C21H20FIN4O4/c1-2-31-21(29)15-7-13(10-26-5-6-30-11-19(26)28)18-9-24-12-27(18)20(15)25-17-4-3-14(23)8-16(17)22/h3-4,7-9,12,25H,2,5-6,10-11H2,1H3. The minimum atomic E-state index is -0.555. The van der Waals surface area contributed by atoms with Crippen molar-refractivity contribution < 1.29 is 23.5 Å². The summed E-state index contributed by atoms with van der Waals surface area (Å²) in [6.45, 7) is 3.15. The Balaban J connectivity index is 1.81. The van der Waals surface area contributed by atoms with Gasteiger partial charge in [-0.25, -0.2) is 14.2 Å². The average Bonchev–Trinajstić information content (AvgIpc) is 3.23. The highest BCUT2D eigenvalue weighted by Crippen LogP contribution is 2.29. The molecule has 0 unspecified atom stereocenters. The molecule has 0 atom stereocenters. The maximum atomic E-state index is 14.5. The normalized spacial score (nSPS) is 14.2. The number of imidazole rings is 1. The fourth-order valence-electron chi connectivity index (χ4n) is 3.42. The number of morpholine rings is 1. The zero-order valence-electron chi connectivity index (χ0n) is 16.7. The van der Waals surface area contributed by atoms with Gasteiger partial charge in [-0.2, -0.15) is 0 Å². The van der Waals surface area contributed by atoms with E-state index in [0.717, 1.165) is 9.13 Å². The van der Waals surface area contributed by atoms with E-state index in [2.05, 4.69) is 10.3 Å². The Morgan fingerprint density at radius 1 is 1.39 bits per heavy atom. The van der Waals surface area contributed by atoms with E-state index in [1.807, 2.05) is 22.6 Å². The molecule has 1 N–H and O–H groups in total. The second kappa shape index (κ2) is 9.18. The first kappa shape index (κ1) is 21.5. The molecule has 8 nitrogen and oxygen atoms in total. The maximum absolute atomic E-state index is 14.5. The largest absolute Gasteiger partial charge is 0.462 e. The Kier molecular flexibility index (Phi) is 6.37. The highest BCUT2D eigenvalue weighted by atomic mass is 127. The second-order valence-corrected chi connectivity index (χ2v) is 8.16. The highest BCUT2D eigenvalue weighted by Gasteiger charge is 2.24. The number of esters is 1. The third-order valence-electron chi connectivity index (χ3n) is 4.91. The number of benzene rings is 1. The zero-order valence-corrected chi connectivity index (χ0v) is 18.9. The molecule has 0 radical (unpaired) electrons. The van der Waals surface area contributed by atoms with E-state index in [1.165, 1.54) is 12.4 Å². The summed E-state index contributed by atoms with van der Waals surface area (Å²) in [5, 5.41) is 3.02. The highest BCUT2D eigenvalue weighted by molar-refractivity contribution is 14.1. The first-order chi connectivity index (χ1) is 15.0. The number of fused-ring (bicyclic) bond motifs is 1. The maximum Gasteiger partial charge on any atom is 0.341 e. The summed E-state index contributed by atoms with van der Waals surface area (Å²) in [6.07, 6.45) is 3.18. The van der Waals surface area contributed by atoms with Crippen LogP contribution in [-0.2, 0) is 20.8 Å². The Bertz CT molecular complexity index is 1150. The third kappa shape index (κ3) is 4.49. The molecule has 4 rings (SSSR count). The lowest BCUT2D eigenvalue weighted by Gasteiger charge is -2.27. The second-order valence-electron chi connectivity index (χ2n) is 6.92. The van der Waals surface area contributed by atoms with Crippen molar-refractivity contribution in [3.05, 3.63) is 57.3 Å². The van der Waals surface area contributed by atoms with Crippen molar-refractivity contribution >= 4 is 51.5 Å². The van der Waals surface area contributed by atoms with Gasteiger partial charge in [0.2, 0.25) is 5.91 Å².